The van der Waals surface area contributed by atoms with Crippen LogP contribution in [0.5, 0.6) is 0 Å². The minimum Gasteiger partial charge on any atom is -0.465 e. The van der Waals surface area contributed by atoms with Gasteiger partial charge in [0, 0.05) is 10.1 Å². The summed E-state index contributed by atoms with van der Waals surface area (Å²) in [6, 6.07) is 15.9. The van der Waals surface area contributed by atoms with E-state index in [4.69, 9.17) is 9.47 Å². The highest BCUT2D eigenvalue weighted by atomic mass is 32.1. The van der Waals surface area contributed by atoms with Crippen molar-refractivity contribution in [2.45, 2.75) is 6.42 Å². The summed E-state index contributed by atoms with van der Waals surface area (Å²) in [5.74, 6) is -1.06. The molecule has 122 valence electrons. The molecule has 0 atom stereocenters. The molecule has 3 aromatic rings. The number of hydrogen-bond donors (Lipinski definition) is 0. The molecule has 0 aliphatic carbocycles. The molecule has 0 amide bonds. The predicted molar refractivity (Wildman–Crippen MR) is 93.8 cm³/mol. The molecule has 0 saturated carbocycles. The first-order valence-corrected chi connectivity index (χ1v) is 8.21. The summed E-state index contributed by atoms with van der Waals surface area (Å²) in [4.78, 5) is 24.4. The molecule has 3 rings (SSSR count). The molecule has 1 aromatic heterocycles. The number of esters is 2. The molecule has 1 heterocycles. The van der Waals surface area contributed by atoms with E-state index in [0.29, 0.717) is 0 Å². The molecular weight excluding hydrogens is 324 g/mol. The highest BCUT2D eigenvalue weighted by Gasteiger charge is 2.25. The molecule has 0 unspecified atom stereocenters. The third kappa shape index (κ3) is 3.03. The van der Waals surface area contributed by atoms with Crippen molar-refractivity contribution in [1.82, 2.24) is 0 Å². The van der Waals surface area contributed by atoms with Gasteiger partial charge in [0.15, 0.2) is 0 Å². The van der Waals surface area contributed by atoms with Gasteiger partial charge in [0.25, 0.3) is 0 Å². The fourth-order valence-corrected chi connectivity index (χ4v) is 3.72. The fraction of sp³-hybridized carbons (Fsp3) is 0.158. The van der Waals surface area contributed by atoms with Gasteiger partial charge in [-0.05, 0) is 29.7 Å². The van der Waals surface area contributed by atoms with Crippen LogP contribution in [-0.2, 0) is 15.9 Å². The Balaban J connectivity index is 2.10. The van der Waals surface area contributed by atoms with Crippen molar-refractivity contribution in [2.24, 2.45) is 0 Å². The van der Waals surface area contributed by atoms with E-state index in [1.807, 2.05) is 36.4 Å². The fourth-order valence-electron chi connectivity index (χ4n) is 2.63. The Hall–Kier alpha value is -2.66. The van der Waals surface area contributed by atoms with Gasteiger partial charge in [-0.3, -0.25) is 0 Å². The minimum absolute atomic E-state index is 0.274. The molecule has 0 aliphatic rings. The van der Waals surface area contributed by atoms with Crippen molar-refractivity contribution in [3.63, 3.8) is 0 Å². The third-order valence-electron chi connectivity index (χ3n) is 3.76. The highest BCUT2D eigenvalue weighted by molar-refractivity contribution is 7.21. The van der Waals surface area contributed by atoms with Gasteiger partial charge in [-0.1, -0.05) is 36.4 Å². The van der Waals surface area contributed by atoms with E-state index in [-0.39, 0.29) is 10.4 Å². The average Bonchev–Trinajstić information content (AvgIpc) is 3.00. The van der Waals surface area contributed by atoms with Gasteiger partial charge < -0.3 is 9.47 Å². The van der Waals surface area contributed by atoms with Crippen molar-refractivity contribution in [3.8, 4) is 0 Å². The molecule has 2 aromatic carbocycles. The van der Waals surface area contributed by atoms with E-state index >= 15 is 0 Å². The van der Waals surface area contributed by atoms with Crippen LogP contribution < -0.4 is 0 Å². The zero-order chi connectivity index (χ0) is 17.1. The van der Waals surface area contributed by atoms with Gasteiger partial charge in [-0.2, -0.15) is 0 Å². The minimum atomic E-state index is -0.529. The normalized spacial score (nSPS) is 10.6. The van der Waals surface area contributed by atoms with E-state index in [1.54, 1.807) is 0 Å². The van der Waals surface area contributed by atoms with Gasteiger partial charge in [0.05, 0.1) is 19.8 Å². The summed E-state index contributed by atoms with van der Waals surface area (Å²) in [5.41, 5.74) is 2.52. The van der Waals surface area contributed by atoms with Crippen LogP contribution in [-0.4, -0.2) is 26.2 Å². The number of ether oxygens (including phenoxy) is 2. The van der Waals surface area contributed by atoms with Crippen LogP contribution in [0.1, 0.15) is 31.2 Å². The van der Waals surface area contributed by atoms with Gasteiger partial charge in [-0.25, -0.2) is 9.59 Å². The number of carbonyl (C=O) groups is 2. The Labute approximate surface area is 143 Å². The van der Waals surface area contributed by atoms with Crippen molar-refractivity contribution < 1.29 is 19.1 Å². The molecule has 0 N–H and O–H groups in total. The number of hydrogen-bond acceptors (Lipinski definition) is 5. The van der Waals surface area contributed by atoms with Crippen molar-refractivity contribution >= 4 is 33.4 Å². The Morgan fingerprint density at radius 2 is 1.62 bits per heavy atom. The van der Waals surface area contributed by atoms with Crippen LogP contribution in [0.3, 0.4) is 0 Å². The van der Waals surface area contributed by atoms with Crippen LogP contribution in [0, 0.1) is 0 Å². The van der Waals surface area contributed by atoms with E-state index in [9.17, 15) is 9.59 Å². The number of rotatable bonds is 4. The van der Waals surface area contributed by atoms with Gasteiger partial charge in [-0.15, -0.1) is 11.3 Å². The Morgan fingerprint density at radius 3 is 2.29 bits per heavy atom. The van der Waals surface area contributed by atoms with Crippen LogP contribution in [0.2, 0.25) is 0 Å². The maximum absolute atomic E-state index is 12.2. The maximum Gasteiger partial charge on any atom is 0.348 e. The number of methoxy groups -OCH3 is 2. The zero-order valence-corrected chi connectivity index (χ0v) is 14.2. The smallest absolute Gasteiger partial charge is 0.348 e. The van der Waals surface area contributed by atoms with Crippen LogP contribution in [0.15, 0.2) is 48.5 Å². The number of thiophene rings is 1. The van der Waals surface area contributed by atoms with Gasteiger partial charge in [0.2, 0.25) is 0 Å². The lowest BCUT2D eigenvalue weighted by Gasteiger charge is -2.04. The topological polar surface area (TPSA) is 52.6 Å². The molecule has 5 heteroatoms. The molecule has 0 aliphatic heterocycles. The van der Waals surface area contributed by atoms with E-state index < -0.39 is 11.9 Å². The molecule has 24 heavy (non-hydrogen) atoms. The molecule has 0 saturated heterocycles. The van der Waals surface area contributed by atoms with Crippen molar-refractivity contribution in [3.05, 3.63) is 70.1 Å². The zero-order valence-electron chi connectivity index (χ0n) is 13.4. The first-order valence-electron chi connectivity index (χ1n) is 7.40. The second-order valence-electron chi connectivity index (χ2n) is 5.28. The third-order valence-corrected chi connectivity index (χ3v) is 4.91. The quantitative estimate of drug-likeness (QED) is 0.672. The van der Waals surface area contributed by atoms with Crippen molar-refractivity contribution in [2.75, 3.05) is 14.2 Å². The summed E-state index contributed by atoms with van der Waals surface area (Å²) in [6.45, 7) is 0. The highest BCUT2D eigenvalue weighted by Crippen LogP contribution is 2.33. The summed E-state index contributed by atoms with van der Waals surface area (Å²) in [5, 5.41) is 0.723. The van der Waals surface area contributed by atoms with E-state index in [2.05, 4.69) is 12.1 Å². The molecule has 0 spiro atoms. The van der Waals surface area contributed by atoms with Crippen LogP contribution >= 0.6 is 11.3 Å². The standard InChI is InChI=1S/C19H16O4S/c1-22-18(20)16-14-11-13(10-12-6-4-3-5-7-12)8-9-15(14)24-17(16)19(21)23-2/h3-9,11H,10H2,1-2H3. The number of benzene rings is 2. The summed E-state index contributed by atoms with van der Waals surface area (Å²) in [6.07, 6.45) is 0.751. The molecule has 0 bridgehead atoms. The lowest BCUT2D eigenvalue weighted by atomic mass is 10.0. The first-order chi connectivity index (χ1) is 11.6. The number of carbonyl (C=O) groups excluding carboxylic acids is 2. The molecular formula is C19H16O4S. The van der Waals surface area contributed by atoms with Crippen LogP contribution in [0.4, 0.5) is 0 Å². The van der Waals surface area contributed by atoms with Crippen molar-refractivity contribution in [1.29, 1.82) is 0 Å². The monoisotopic (exact) mass is 340 g/mol. The van der Waals surface area contributed by atoms with Gasteiger partial charge >= 0.3 is 11.9 Å². The lowest BCUT2D eigenvalue weighted by molar-refractivity contribution is 0.0561. The van der Waals surface area contributed by atoms with Gasteiger partial charge in [0.1, 0.15) is 4.88 Å². The largest absolute Gasteiger partial charge is 0.465 e. The van der Waals surface area contributed by atoms with E-state index in [1.165, 1.54) is 31.1 Å². The molecule has 0 fully saturated rings. The predicted octanol–water partition coefficient (Wildman–Crippen LogP) is 4.07. The Bertz CT molecular complexity index is 896. The first kappa shape index (κ1) is 16.2. The Kier molecular flexibility index (Phi) is 4.62. The summed E-state index contributed by atoms with van der Waals surface area (Å²) >= 11 is 1.24. The second kappa shape index (κ2) is 6.84. The second-order valence-corrected chi connectivity index (χ2v) is 6.33. The maximum atomic E-state index is 12.2. The van der Waals surface area contributed by atoms with E-state index in [0.717, 1.165) is 22.1 Å². The molecule has 0 radical (unpaired) electrons. The lowest BCUT2D eigenvalue weighted by Crippen LogP contribution is -2.08. The average molecular weight is 340 g/mol. The summed E-state index contributed by atoms with van der Waals surface area (Å²) < 4.78 is 10.5. The SMILES string of the molecule is COC(=O)c1sc2ccc(Cc3ccccc3)cc2c1C(=O)OC. The van der Waals surface area contributed by atoms with Crippen LogP contribution in [0.25, 0.3) is 10.1 Å². The summed E-state index contributed by atoms with van der Waals surface area (Å²) in [7, 11) is 2.61. The number of fused-ring (bicyclic) bond motifs is 1. The molecule has 4 nitrogen and oxygen atoms in total. The Morgan fingerprint density at radius 1 is 0.917 bits per heavy atom.